The van der Waals surface area contributed by atoms with Crippen molar-refractivity contribution in [3.05, 3.63) is 17.6 Å². The van der Waals surface area contributed by atoms with Gasteiger partial charge in [0, 0.05) is 25.0 Å². The van der Waals surface area contributed by atoms with E-state index in [1.165, 1.54) is 6.33 Å². The van der Waals surface area contributed by atoms with Gasteiger partial charge in [0.25, 0.3) is 0 Å². The number of ether oxygens (including phenoxy) is 1. The van der Waals surface area contributed by atoms with E-state index >= 15 is 0 Å². The first-order valence-electron chi connectivity index (χ1n) is 7.03. The molecule has 0 saturated heterocycles. The summed E-state index contributed by atoms with van der Waals surface area (Å²) in [5.41, 5.74) is 2.13. The van der Waals surface area contributed by atoms with Gasteiger partial charge in [0.05, 0.1) is 0 Å². The minimum Gasteiger partial charge on any atom is -0.480 e. The Morgan fingerprint density at radius 3 is 3.00 bits per heavy atom. The molecule has 0 aliphatic heterocycles. The van der Waals surface area contributed by atoms with E-state index in [9.17, 15) is 9.90 Å². The molecule has 1 aromatic heterocycles. The van der Waals surface area contributed by atoms with E-state index in [1.54, 1.807) is 7.11 Å². The van der Waals surface area contributed by atoms with Crippen LogP contribution in [0.25, 0.3) is 0 Å². The molecule has 20 heavy (non-hydrogen) atoms. The Morgan fingerprint density at radius 2 is 2.25 bits per heavy atom. The number of anilines is 1. The second kappa shape index (κ2) is 7.19. The Balaban J connectivity index is 2.08. The number of carboxylic acids is 1. The number of rotatable bonds is 7. The van der Waals surface area contributed by atoms with Crippen LogP contribution in [0.3, 0.4) is 0 Å². The molecule has 1 aliphatic rings. The quantitative estimate of drug-likeness (QED) is 0.738. The molecule has 6 nitrogen and oxygen atoms in total. The summed E-state index contributed by atoms with van der Waals surface area (Å²) < 4.78 is 4.97. The van der Waals surface area contributed by atoms with Gasteiger partial charge in [-0.05, 0) is 38.5 Å². The van der Waals surface area contributed by atoms with E-state index in [4.69, 9.17) is 4.74 Å². The second-order valence-electron chi connectivity index (χ2n) is 5.02. The van der Waals surface area contributed by atoms with E-state index < -0.39 is 12.0 Å². The number of hydrogen-bond acceptors (Lipinski definition) is 5. The summed E-state index contributed by atoms with van der Waals surface area (Å²) in [6.45, 7) is 0.563. The molecular weight excluding hydrogens is 258 g/mol. The minimum absolute atomic E-state index is 0.516. The third-order valence-corrected chi connectivity index (χ3v) is 3.58. The molecule has 1 unspecified atom stereocenters. The van der Waals surface area contributed by atoms with Gasteiger partial charge in [0.2, 0.25) is 0 Å². The van der Waals surface area contributed by atoms with Crippen LogP contribution in [0.1, 0.15) is 36.9 Å². The van der Waals surface area contributed by atoms with Crippen molar-refractivity contribution in [3.8, 4) is 0 Å². The first-order chi connectivity index (χ1) is 9.72. The molecule has 1 aromatic rings. The first kappa shape index (κ1) is 14.7. The van der Waals surface area contributed by atoms with Gasteiger partial charge in [-0.3, -0.25) is 0 Å². The molecular formula is C14H21N3O3. The van der Waals surface area contributed by atoms with E-state index in [1.807, 2.05) is 0 Å². The Kier molecular flexibility index (Phi) is 5.29. The van der Waals surface area contributed by atoms with Gasteiger partial charge in [-0.1, -0.05) is 0 Å². The SMILES string of the molecule is COCCCC(Nc1ncnc2c1CCCC2)C(=O)O. The fourth-order valence-corrected chi connectivity index (χ4v) is 2.50. The maximum absolute atomic E-state index is 11.3. The number of carbonyl (C=O) groups is 1. The van der Waals surface area contributed by atoms with Crippen LogP contribution >= 0.6 is 0 Å². The zero-order valence-electron chi connectivity index (χ0n) is 11.8. The minimum atomic E-state index is -0.857. The molecule has 1 atom stereocenters. The van der Waals surface area contributed by atoms with Crippen molar-refractivity contribution in [2.24, 2.45) is 0 Å². The van der Waals surface area contributed by atoms with Crippen molar-refractivity contribution in [3.63, 3.8) is 0 Å². The van der Waals surface area contributed by atoms with Crippen LogP contribution in [0, 0.1) is 0 Å². The molecule has 0 amide bonds. The number of aromatic nitrogens is 2. The Labute approximate surface area is 118 Å². The van der Waals surface area contributed by atoms with Crippen molar-refractivity contribution in [2.45, 2.75) is 44.6 Å². The number of carboxylic acid groups (broad SMARTS) is 1. The normalized spacial score (nSPS) is 15.4. The van der Waals surface area contributed by atoms with Crippen LogP contribution in [0.5, 0.6) is 0 Å². The summed E-state index contributed by atoms with van der Waals surface area (Å²) >= 11 is 0. The van der Waals surface area contributed by atoms with E-state index in [-0.39, 0.29) is 0 Å². The van der Waals surface area contributed by atoms with Gasteiger partial charge in [0.1, 0.15) is 18.2 Å². The summed E-state index contributed by atoms with van der Waals surface area (Å²) in [4.78, 5) is 19.8. The lowest BCUT2D eigenvalue weighted by atomic mass is 9.96. The number of aryl methyl sites for hydroxylation is 1. The number of nitrogens with zero attached hydrogens (tertiary/aromatic N) is 2. The first-order valence-corrected chi connectivity index (χ1v) is 7.03. The van der Waals surface area contributed by atoms with Gasteiger partial charge < -0.3 is 15.2 Å². The summed E-state index contributed by atoms with van der Waals surface area (Å²) in [6.07, 6.45) is 6.85. The molecule has 0 fully saturated rings. The lowest BCUT2D eigenvalue weighted by molar-refractivity contribution is -0.138. The van der Waals surface area contributed by atoms with E-state index in [0.717, 1.165) is 36.9 Å². The largest absolute Gasteiger partial charge is 0.480 e. The van der Waals surface area contributed by atoms with E-state index in [0.29, 0.717) is 25.3 Å². The molecule has 0 aromatic carbocycles. The maximum atomic E-state index is 11.3. The summed E-state index contributed by atoms with van der Waals surface area (Å²) in [5.74, 6) is -0.177. The maximum Gasteiger partial charge on any atom is 0.326 e. The lowest BCUT2D eigenvalue weighted by Crippen LogP contribution is -2.31. The molecule has 0 spiro atoms. The highest BCUT2D eigenvalue weighted by molar-refractivity contribution is 5.77. The van der Waals surface area contributed by atoms with Gasteiger partial charge in [0.15, 0.2) is 0 Å². The van der Waals surface area contributed by atoms with Crippen LogP contribution in [0.15, 0.2) is 6.33 Å². The highest BCUT2D eigenvalue weighted by Crippen LogP contribution is 2.25. The molecule has 110 valence electrons. The lowest BCUT2D eigenvalue weighted by Gasteiger charge is -2.21. The summed E-state index contributed by atoms with van der Waals surface area (Å²) in [6, 6.07) is -0.633. The van der Waals surface area contributed by atoms with Crippen molar-refractivity contribution >= 4 is 11.8 Å². The van der Waals surface area contributed by atoms with Crippen LogP contribution in [-0.4, -0.2) is 40.8 Å². The Hall–Kier alpha value is -1.69. The Morgan fingerprint density at radius 1 is 1.45 bits per heavy atom. The topological polar surface area (TPSA) is 84.3 Å². The zero-order chi connectivity index (χ0) is 14.4. The molecule has 1 aliphatic carbocycles. The average Bonchev–Trinajstić information content (AvgIpc) is 2.46. The number of fused-ring (bicyclic) bond motifs is 1. The zero-order valence-corrected chi connectivity index (χ0v) is 11.8. The molecule has 0 radical (unpaired) electrons. The predicted octanol–water partition coefficient (Wildman–Crippen LogP) is 1.65. The van der Waals surface area contributed by atoms with Gasteiger partial charge in [-0.25, -0.2) is 14.8 Å². The van der Waals surface area contributed by atoms with Gasteiger partial charge in [-0.2, -0.15) is 0 Å². The summed E-state index contributed by atoms with van der Waals surface area (Å²) in [7, 11) is 1.62. The molecule has 6 heteroatoms. The van der Waals surface area contributed by atoms with Crippen LogP contribution in [0.4, 0.5) is 5.82 Å². The van der Waals surface area contributed by atoms with Crippen molar-refractivity contribution in [1.82, 2.24) is 9.97 Å². The Bertz CT molecular complexity index is 465. The monoisotopic (exact) mass is 279 g/mol. The number of hydrogen-bond donors (Lipinski definition) is 2. The van der Waals surface area contributed by atoms with Crippen molar-refractivity contribution in [2.75, 3.05) is 19.0 Å². The third kappa shape index (κ3) is 3.66. The van der Waals surface area contributed by atoms with Crippen LogP contribution in [0.2, 0.25) is 0 Å². The van der Waals surface area contributed by atoms with Crippen LogP contribution in [-0.2, 0) is 22.4 Å². The van der Waals surface area contributed by atoms with Crippen molar-refractivity contribution < 1.29 is 14.6 Å². The fourth-order valence-electron chi connectivity index (χ4n) is 2.50. The molecule has 2 N–H and O–H groups in total. The fraction of sp³-hybridized carbons (Fsp3) is 0.643. The highest BCUT2D eigenvalue weighted by atomic mass is 16.5. The van der Waals surface area contributed by atoms with Crippen LogP contribution < -0.4 is 5.32 Å². The van der Waals surface area contributed by atoms with Crippen molar-refractivity contribution in [1.29, 1.82) is 0 Å². The van der Waals surface area contributed by atoms with E-state index in [2.05, 4.69) is 15.3 Å². The number of methoxy groups -OCH3 is 1. The number of aliphatic carboxylic acids is 1. The standard InChI is InChI=1S/C14H21N3O3/c1-20-8-4-7-12(14(18)19)17-13-10-5-2-3-6-11(10)15-9-16-13/h9,12H,2-8H2,1H3,(H,18,19)(H,15,16,17). The molecule has 0 bridgehead atoms. The summed E-state index contributed by atoms with van der Waals surface area (Å²) in [5, 5.41) is 12.4. The van der Waals surface area contributed by atoms with Gasteiger partial charge >= 0.3 is 5.97 Å². The molecule has 0 saturated carbocycles. The average molecular weight is 279 g/mol. The third-order valence-electron chi connectivity index (χ3n) is 3.58. The predicted molar refractivity (Wildman–Crippen MR) is 74.8 cm³/mol. The smallest absolute Gasteiger partial charge is 0.326 e. The molecule has 1 heterocycles. The number of nitrogens with one attached hydrogen (secondary N) is 1. The second-order valence-corrected chi connectivity index (χ2v) is 5.02. The molecule has 2 rings (SSSR count). The highest BCUT2D eigenvalue weighted by Gasteiger charge is 2.21. The van der Waals surface area contributed by atoms with Gasteiger partial charge in [-0.15, -0.1) is 0 Å².